The molecule has 0 saturated carbocycles. The maximum Gasteiger partial charge on any atom is 0.222 e. The minimum absolute atomic E-state index is 0.0630. The minimum Gasteiger partial charge on any atom is -0.394 e. The van der Waals surface area contributed by atoms with E-state index in [4.69, 9.17) is 42.6 Å². The molecule has 0 spiro atoms. The van der Waals surface area contributed by atoms with E-state index in [0.29, 0.717) is 83.6 Å². The smallest absolute Gasteiger partial charge is 0.222 e. The van der Waals surface area contributed by atoms with Crippen molar-refractivity contribution in [2.75, 3.05) is 125 Å². The zero-order valence-electron chi connectivity index (χ0n) is 73.8. The number of hydrogen-bond acceptors (Lipinski definition) is 30. The highest BCUT2D eigenvalue weighted by atomic mass is 16.7. The Morgan fingerprint density at radius 3 is 0.976 bits per heavy atom. The molecule has 40 nitrogen and oxygen atoms in total. The highest BCUT2D eigenvalue weighted by Crippen LogP contribution is 2.32. The molecule has 10 amide bonds. The topological polar surface area (TPSA) is 585 Å². The van der Waals surface area contributed by atoms with Gasteiger partial charge in [-0.15, -0.1) is 0 Å². The molecule has 0 aliphatic carbocycles. The van der Waals surface area contributed by atoms with E-state index in [-0.39, 0.29) is 209 Å². The van der Waals surface area contributed by atoms with Crippen molar-refractivity contribution in [3.8, 4) is 0 Å². The Balaban J connectivity index is 1.31. The molecular weight excluding hydrogens is 1630 g/mol. The van der Waals surface area contributed by atoms with Crippen LogP contribution in [-0.2, 0) is 95.4 Å². The molecule has 4 aliphatic rings. The Kier molecular flexibility index (Phi) is 54.9. The quantitative estimate of drug-likeness (QED) is 0.0296. The molecule has 0 aromatic rings. The number of likely N-dealkylation sites (tertiary alicyclic amines) is 1. The number of β-amino-alcohol motifs (C(OH)–C–C–N with tert-alkyl or cyclic N) is 1. The minimum atomic E-state index is -1.46. The molecule has 0 radical (unpaired) electrons. The first-order valence-corrected chi connectivity index (χ1v) is 44.6. The number of nitrogens with zero attached hydrogens (tertiary/aromatic N) is 1. The predicted molar refractivity (Wildman–Crippen MR) is 447 cm³/mol. The molecule has 716 valence electrons. The zero-order chi connectivity index (χ0) is 91.4. The van der Waals surface area contributed by atoms with Crippen molar-refractivity contribution in [1.82, 2.24) is 52.8 Å². The number of amides is 10. The number of carbonyl (C=O) groups excluding carboxylic acids is 11. The van der Waals surface area contributed by atoms with Gasteiger partial charge in [-0.1, -0.05) is 59.3 Å². The lowest BCUT2D eigenvalue weighted by molar-refractivity contribution is -0.270. The van der Waals surface area contributed by atoms with Crippen molar-refractivity contribution in [1.29, 1.82) is 0 Å². The average molecular weight is 1780 g/mol. The fourth-order valence-corrected chi connectivity index (χ4v) is 14.8. The van der Waals surface area contributed by atoms with E-state index < -0.39 is 141 Å². The van der Waals surface area contributed by atoms with E-state index in [1.165, 1.54) is 20.8 Å². The molecule has 4 aliphatic heterocycles. The monoisotopic (exact) mass is 1780 g/mol. The summed E-state index contributed by atoms with van der Waals surface area (Å²) < 4.78 is 52.5. The first-order chi connectivity index (χ1) is 59.2. The summed E-state index contributed by atoms with van der Waals surface area (Å²) in [7, 11) is 0. The standard InChI is InChI=1S/C84H150N10O30/c1-55(98)91-71-77(113)74(110)61(49-95)122-80(71)119-40-18-15-25-64(103)85-34-21-37-88-67(106)30-43-116-52-84(47-59(101)24-13-11-9-7-8-10-12-14-28-70(109)94-48-60(102)46-58(94)29-33-83(4,5)6,53-117-44-31-68(107)89-38-22-35-86-65(104)26-16-19-41-120-81-72(92-56(2)99)78(114)75(111)62(50-96)123-81)54-118-45-32-69(108)90-39-23-36-87-66(105)27-17-20-42-121-82-73(93-57(3)100)79(115)76(112)63(51-97)124-82/h58,60-63,71-82,95-97,102,110-115H,7-54H2,1-6H3,(H,85,103)(H,86,104)(H,87,105)(H,88,106)(H,89,107)(H,90,108)(H,91,98)(H,92,99)(H,93,100)/t58-,60-,61?,62?,63?,71?,72?,73?,74?,75?,76?,77?,78?,79?,80?,81?,82?,84?/m1/s1. The Morgan fingerprint density at radius 2 is 0.669 bits per heavy atom. The summed E-state index contributed by atoms with van der Waals surface area (Å²) in [5, 5.41) is 126. The number of aliphatic hydroxyl groups excluding tert-OH is 10. The van der Waals surface area contributed by atoms with Gasteiger partial charge in [-0.25, -0.2) is 0 Å². The number of carbonyl (C=O) groups is 11. The molecule has 0 aromatic heterocycles. The van der Waals surface area contributed by atoms with Crippen LogP contribution < -0.4 is 47.9 Å². The van der Waals surface area contributed by atoms with Crippen LogP contribution in [0.2, 0.25) is 0 Å². The van der Waals surface area contributed by atoms with Gasteiger partial charge in [0.25, 0.3) is 0 Å². The summed E-state index contributed by atoms with van der Waals surface area (Å²) in [6, 6.07) is -3.22. The van der Waals surface area contributed by atoms with E-state index in [1.54, 1.807) is 0 Å². The number of nitrogens with one attached hydrogen (secondary N) is 9. The van der Waals surface area contributed by atoms with E-state index in [0.717, 1.165) is 57.8 Å². The number of ketones is 1. The second kappa shape index (κ2) is 62.0. The van der Waals surface area contributed by atoms with Gasteiger partial charge in [0.2, 0.25) is 59.1 Å². The first-order valence-electron chi connectivity index (χ1n) is 44.6. The van der Waals surface area contributed by atoms with E-state index in [2.05, 4.69) is 68.6 Å². The molecule has 19 N–H and O–H groups in total. The molecule has 4 rings (SSSR count). The fraction of sp³-hybridized carbons (Fsp3) is 0.869. The Labute approximate surface area is 728 Å². The molecule has 15 unspecified atom stereocenters. The van der Waals surface area contributed by atoms with Crippen LogP contribution in [0, 0.1) is 10.8 Å². The maximum atomic E-state index is 14.2. The normalized spacial score (nSPS) is 25.0. The summed E-state index contributed by atoms with van der Waals surface area (Å²) in [4.78, 5) is 142. The number of Topliss-reactive ketones (excluding diaryl/α,β-unsaturated/α-hetero) is 1. The van der Waals surface area contributed by atoms with E-state index >= 15 is 0 Å². The molecule has 0 aromatic carbocycles. The highest BCUT2D eigenvalue weighted by Gasteiger charge is 2.48. The van der Waals surface area contributed by atoms with Gasteiger partial charge in [-0.05, 0) is 95.3 Å². The van der Waals surface area contributed by atoms with Gasteiger partial charge in [0, 0.05) is 156 Å². The van der Waals surface area contributed by atoms with Crippen LogP contribution in [0.1, 0.15) is 228 Å². The third kappa shape index (κ3) is 45.0. The van der Waals surface area contributed by atoms with Crippen molar-refractivity contribution >= 4 is 64.9 Å². The average Bonchev–Trinajstić information content (AvgIpc) is 1.01. The molecule has 0 bridgehead atoms. The molecular formula is C84H150N10O30. The SMILES string of the molecule is CC(=O)NC1C(OCCCCC(=O)NCCCNC(=O)CCOCC(COCCC(=O)NCCCNC(=O)CCCCOC2OC(CO)C(O)C(O)C2NC(C)=O)(COCCC(=O)NCCCNC(=O)CCCCOC2OC(CO)C(O)C(O)C2NC(C)=O)CC(=O)CCCCCCCCCCC(=O)N2C[C@H](O)C[C@H]2CCC(C)(C)C)OC(CO)C(O)C1O. The van der Waals surface area contributed by atoms with Gasteiger partial charge in [-0.2, -0.15) is 0 Å². The van der Waals surface area contributed by atoms with Crippen LogP contribution in [0.5, 0.6) is 0 Å². The number of ether oxygens (including phenoxy) is 9. The molecule has 4 saturated heterocycles. The van der Waals surface area contributed by atoms with Crippen molar-refractivity contribution < 1.29 is 146 Å². The molecule has 4 fully saturated rings. The Bertz CT molecular complexity index is 2870. The van der Waals surface area contributed by atoms with Gasteiger partial charge in [0.1, 0.15) is 78.8 Å². The number of aliphatic hydroxyl groups is 10. The summed E-state index contributed by atoms with van der Waals surface area (Å²) in [5.41, 5.74) is -1.05. The van der Waals surface area contributed by atoms with E-state index in [9.17, 15) is 104 Å². The maximum absolute atomic E-state index is 14.2. The second-order valence-corrected chi connectivity index (χ2v) is 34.1. The lowest BCUT2D eigenvalue weighted by atomic mass is 9.84. The largest absolute Gasteiger partial charge is 0.394 e. The summed E-state index contributed by atoms with van der Waals surface area (Å²) in [6.45, 7) is 9.80. The van der Waals surface area contributed by atoms with Crippen LogP contribution in [-0.4, -0.2) is 350 Å². The van der Waals surface area contributed by atoms with Gasteiger partial charge in [0.05, 0.1) is 65.6 Å². The lowest BCUT2D eigenvalue weighted by Crippen LogP contribution is -2.64. The lowest BCUT2D eigenvalue weighted by Gasteiger charge is -2.42. The Hall–Kier alpha value is -6.39. The van der Waals surface area contributed by atoms with Gasteiger partial charge < -0.3 is 146 Å². The van der Waals surface area contributed by atoms with Crippen LogP contribution in [0.4, 0.5) is 0 Å². The van der Waals surface area contributed by atoms with Crippen molar-refractivity contribution in [3.05, 3.63) is 0 Å². The highest BCUT2D eigenvalue weighted by molar-refractivity contribution is 5.80. The van der Waals surface area contributed by atoms with Crippen LogP contribution in [0.3, 0.4) is 0 Å². The van der Waals surface area contributed by atoms with Crippen molar-refractivity contribution in [3.63, 3.8) is 0 Å². The van der Waals surface area contributed by atoms with Crippen molar-refractivity contribution in [2.45, 2.75) is 332 Å². The summed E-state index contributed by atoms with van der Waals surface area (Å²) in [5.74, 6) is -3.28. The third-order valence-electron chi connectivity index (χ3n) is 21.7. The Morgan fingerprint density at radius 1 is 0.371 bits per heavy atom. The first kappa shape index (κ1) is 110. The summed E-state index contributed by atoms with van der Waals surface area (Å²) >= 11 is 0. The number of rotatable bonds is 66. The molecule has 4 heterocycles. The molecule has 40 heteroatoms. The number of hydrogen-bond donors (Lipinski definition) is 19. The predicted octanol–water partition coefficient (Wildman–Crippen LogP) is -1.90. The van der Waals surface area contributed by atoms with Crippen LogP contribution in [0.15, 0.2) is 0 Å². The van der Waals surface area contributed by atoms with Gasteiger partial charge in [0.15, 0.2) is 18.9 Å². The van der Waals surface area contributed by atoms with Gasteiger partial charge in [-0.3, -0.25) is 52.7 Å². The van der Waals surface area contributed by atoms with Gasteiger partial charge >= 0.3 is 0 Å². The molecule has 17 atom stereocenters. The van der Waals surface area contributed by atoms with Crippen molar-refractivity contribution in [2.24, 2.45) is 10.8 Å². The summed E-state index contributed by atoms with van der Waals surface area (Å²) in [6.07, 6.45) is -2.55. The second-order valence-electron chi connectivity index (χ2n) is 34.1. The third-order valence-corrected chi connectivity index (χ3v) is 21.7. The van der Waals surface area contributed by atoms with Crippen LogP contribution in [0.25, 0.3) is 0 Å². The number of unbranched alkanes of at least 4 members (excludes halogenated alkanes) is 10. The fourth-order valence-electron chi connectivity index (χ4n) is 14.8. The van der Waals surface area contributed by atoms with E-state index in [1.807, 2.05) is 4.90 Å². The molecule has 124 heavy (non-hydrogen) atoms. The van der Waals surface area contributed by atoms with Crippen LogP contribution >= 0.6 is 0 Å². The zero-order valence-corrected chi connectivity index (χ0v) is 73.8.